The Kier molecular flexibility index (Phi) is 2.90. The van der Waals surface area contributed by atoms with Gasteiger partial charge in [0.1, 0.15) is 0 Å². The Morgan fingerprint density at radius 1 is 1.09 bits per heavy atom. The number of hydrogen-bond acceptors (Lipinski definition) is 2. The van der Waals surface area contributed by atoms with E-state index in [1.54, 1.807) is 6.08 Å². The minimum Gasteiger partial charge on any atom is -0.390 e. The average molecular weight is 300 g/mol. The molecule has 4 aliphatic rings. The van der Waals surface area contributed by atoms with Crippen LogP contribution in [0.5, 0.6) is 0 Å². The fourth-order valence-corrected chi connectivity index (χ4v) is 6.44. The molecular formula is C20H28O2. The van der Waals surface area contributed by atoms with Crippen molar-refractivity contribution >= 4 is 5.78 Å². The van der Waals surface area contributed by atoms with Crippen LogP contribution in [-0.4, -0.2) is 16.5 Å². The second-order valence-electron chi connectivity index (χ2n) is 8.87. The van der Waals surface area contributed by atoms with Gasteiger partial charge in [-0.15, -0.1) is 0 Å². The van der Waals surface area contributed by atoms with E-state index in [1.165, 1.54) is 24.8 Å². The van der Waals surface area contributed by atoms with Crippen LogP contribution in [0.3, 0.4) is 0 Å². The van der Waals surface area contributed by atoms with Gasteiger partial charge in [-0.05, 0) is 80.8 Å². The highest BCUT2D eigenvalue weighted by atomic mass is 16.3. The van der Waals surface area contributed by atoms with Crippen LogP contribution in [0.25, 0.3) is 0 Å². The quantitative estimate of drug-likeness (QED) is 0.733. The van der Waals surface area contributed by atoms with Crippen molar-refractivity contribution in [1.82, 2.24) is 0 Å². The van der Waals surface area contributed by atoms with E-state index in [2.05, 4.69) is 26.8 Å². The minimum absolute atomic E-state index is 0.0760. The smallest absolute Gasteiger partial charge is 0.178 e. The largest absolute Gasteiger partial charge is 0.390 e. The molecule has 0 spiro atoms. The highest BCUT2D eigenvalue weighted by Crippen LogP contribution is 2.66. The molecule has 1 N–H and O–H groups in total. The zero-order chi connectivity index (χ0) is 15.8. The van der Waals surface area contributed by atoms with Crippen LogP contribution in [0, 0.1) is 28.6 Å². The van der Waals surface area contributed by atoms with Crippen LogP contribution in [0.15, 0.2) is 23.8 Å². The summed E-state index contributed by atoms with van der Waals surface area (Å²) >= 11 is 0. The van der Waals surface area contributed by atoms with Crippen LogP contribution in [-0.2, 0) is 4.79 Å². The number of aliphatic hydroxyl groups is 1. The Hall–Kier alpha value is -0.890. The zero-order valence-corrected chi connectivity index (χ0v) is 14.1. The topological polar surface area (TPSA) is 37.3 Å². The van der Waals surface area contributed by atoms with Crippen molar-refractivity contribution in [2.45, 2.75) is 64.9 Å². The third-order valence-electron chi connectivity index (χ3n) is 8.12. The summed E-state index contributed by atoms with van der Waals surface area (Å²) in [6.45, 7) is 6.73. The van der Waals surface area contributed by atoms with E-state index in [4.69, 9.17) is 0 Å². The van der Waals surface area contributed by atoms with E-state index in [9.17, 15) is 9.90 Å². The number of rotatable bonds is 0. The van der Waals surface area contributed by atoms with E-state index < -0.39 is 5.60 Å². The number of fused-ring (bicyclic) bond motifs is 5. The first-order chi connectivity index (χ1) is 10.3. The van der Waals surface area contributed by atoms with Crippen LogP contribution >= 0.6 is 0 Å². The maximum atomic E-state index is 11.7. The molecule has 0 amide bonds. The van der Waals surface area contributed by atoms with Crippen LogP contribution < -0.4 is 0 Å². The molecule has 2 nitrogen and oxygen atoms in total. The molecule has 3 fully saturated rings. The SMILES string of the molecule is C[C@]12C=CC(=O)C=C1CC[C@H]1[C@H]3CC[C@](C)(O)[C@]3(C)CC[C@@H]12. The second kappa shape index (κ2) is 4.35. The Morgan fingerprint density at radius 2 is 1.82 bits per heavy atom. The van der Waals surface area contributed by atoms with Crippen LogP contribution in [0.1, 0.15) is 59.3 Å². The van der Waals surface area contributed by atoms with Crippen LogP contribution in [0.2, 0.25) is 0 Å². The standard InChI is InChI=1S/C20H28O2/c1-18-9-6-14(21)12-13(18)4-5-15-16(18)7-10-19(2)17(15)8-11-20(19,3)22/h6,9,12,15-17,22H,4-5,7-8,10-11H2,1-3H3/t15-,16+,17-,18+,19-,20+/m1/s1. The molecule has 22 heavy (non-hydrogen) atoms. The van der Waals surface area contributed by atoms with E-state index in [1.807, 2.05) is 6.08 Å². The summed E-state index contributed by atoms with van der Waals surface area (Å²) in [5.41, 5.74) is 1.01. The average Bonchev–Trinajstić information content (AvgIpc) is 2.70. The lowest BCUT2D eigenvalue weighted by molar-refractivity contribution is -0.114. The molecule has 0 aromatic rings. The summed E-state index contributed by atoms with van der Waals surface area (Å²) in [5.74, 6) is 2.15. The molecule has 4 aliphatic carbocycles. The third kappa shape index (κ3) is 1.68. The Balaban J connectivity index is 1.71. The van der Waals surface area contributed by atoms with Gasteiger partial charge in [-0.3, -0.25) is 4.79 Å². The number of carbonyl (C=O) groups is 1. The number of hydrogen-bond donors (Lipinski definition) is 1. The van der Waals surface area contributed by atoms with Gasteiger partial charge in [0.25, 0.3) is 0 Å². The molecular weight excluding hydrogens is 272 g/mol. The number of allylic oxidation sites excluding steroid dienone is 4. The molecule has 0 bridgehead atoms. The fourth-order valence-electron chi connectivity index (χ4n) is 6.44. The first kappa shape index (κ1) is 14.7. The molecule has 3 saturated carbocycles. The van der Waals surface area contributed by atoms with E-state index in [0.717, 1.165) is 19.3 Å². The Bertz CT molecular complexity index is 585. The molecule has 0 aromatic heterocycles. The first-order valence-corrected chi connectivity index (χ1v) is 8.95. The molecule has 0 saturated heterocycles. The van der Waals surface area contributed by atoms with Gasteiger partial charge in [0, 0.05) is 5.41 Å². The lowest BCUT2D eigenvalue weighted by Gasteiger charge is -2.57. The van der Waals surface area contributed by atoms with Crippen molar-refractivity contribution in [3.05, 3.63) is 23.8 Å². The predicted molar refractivity (Wildman–Crippen MR) is 87.2 cm³/mol. The lowest BCUT2D eigenvalue weighted by Crippen LogP contribution is -2.53. The maximum Gasteiger partial charge on any atom is 0.178 e. The second-order valence-corrected chi connectivity index (χ2v) is 8.87. The fraction of sp³-hybridized carbons (Fsp3) is 0.750. The maximum absolute atomic E-state index is 11.7. The van der Waals surface area contributed by atoms with Gasteiger partial charge in [0.15, 0.2) is 5.78 Å². The minimum atomic E-state index is -0.502. The molecule has 0 radical (unpaired) electrons. The van der Waals surface area contributed by atoms with Gasteiger partial charge in [0.2, 0.25) is 0 Å². The molecule has 0 aliphatic heterocycles. The zero-order valence-electron chi connectivity index (χ0n) is 14.1. The van der Waals surface area contributed by atoms with Crippen molar-refractivity contribution in [3.8, 4) is 0 Å². The van der Waals surface area contributed by atoms with Gasteiger partial charge in [-0.1, -0.05) is 25.5 Å². The third-order valence-corrected chi connectivity index (χ3v) is 8.12. The van der Waals surface area contributed by atoms with Crippen LogP contribution in [0.4, 0.5) is 0 Å². The highest BCUT2D eigenvalue weighted by Gasteiger charge is 2.61. The van der Waals surface area contributed by atoms with Gasteiger partial charge >= 0.3 is 0 Å². The predicted octanol–water partition coefficient (Wildman–Crippen LogP) is 4.05. The Morgan fingerprint density at radius 3 is 2.59 bits per heavy atom. The van der Waals surface area contributed by atoms with Gasteiger partial charge in [-0.25, -0.2) is 0 Å². The summed E-state index contributed by atoms with van der Waals surface area (Å²) in [6.07, 6.45) is 12.5. The van der Waals surface area contributed by atoms with E-state index in [-0.39, 0.29) is 16.6 Å². The molecule has 6 atom stereocenters. The molecule has 120 valence electrons. The number of ketones is 1. The Labute approximate surface area is 133 Å². The van der Waals surface area contributed by atoms with Gasteiger partial charge in [-0.2, -0.15) is 0 Å². The van der Waals surface area contributed by atoms with Crippen molar-refractivity contribution in [2.75, 3.05) is 0 Å². The summed E-state index contributed by atoms with van der Waals surface area (Å²) in [6, 6.07) is 0. The van der Waals surface area contributed by atoms with Crippen molar-refractivity contribution in [1.29, 1.82) is 0 Å². The molecule has 2 heteroatoms. The van der Waals surface area contributed by atoms with E-state index in [0.29, 0.717) is 17.8 Å². The van der Waals surface area contributed by atoms with Crippen molar-refractivity contribution < 1.29 is 9.90 Å². The molecule has 4 rings (SSSR count). The highest BCUT2D eigenvalue weighted by molar-refractivity contribution is 6.01. The van der Waals surface area contributed by atoms with Crippen molar-refractivity contribution in [2.24, 2.45) is 28.6 Å². The normalized spacial score (nSPS) is 53.5. The van der Waals surface area contributed by atoms with E-state index >= 15 is 0 Å². The van der Waals surface area contributed by atoms with Crippen molar-refractivity contribution in [3.63, 3.8) is 0 Å². The summed E-state index contributed by atoms with van der Waals surface area (Å²) in [4.78, 5) is 11.7. The monoisotopic (exact) mass is 300 g/mol. The van der Waals surface area contributed by atoms with Gasteiger partial charge in [0.05, 0.1) is 5.60 Å². The molecule has 0 heterocycles. The molecule has 0 aromatic carbocycles. The number of carbonyl (C=O) groups excluding carboxylic acids is 1. The lowest BCUT2D eigenvalue weighted by atomic mass is 9.47. The van der Waals surface area contributed by atoms with Gasteiger partial charge < -0.3 is 5.11 Å². The summed E-state index contributed by atoms with van der Waals surface area (Å²) in [5, 5.41) is 10.9. The first-order valence-electron chi connectivity index (χ1n) is 8.95. The molecule has 0 unspecified atom stereocenters. The summed E-state index contributed by atoms with van der Waals surface area (Å²) in [7, 11) is 0. The summed E-state index contributed by atoms with van der Waals surface area (Å²) < 4.78 is 0.